The maximum Gasteiger partial charge on any atom is 0.314 e. The average molecular weight is 474 g/mol. The number of carbonyl (C=O) groups excluding carboxylic acids is 2. The lowest BCUT2D eigenvalue weighted by Crippen LogP contribution is -2.41. The van der Waals surface area contributed by atoms with Crippen LogP contribution in [0.2, 0.25) is 0 Å². The number of pyridine rings is 1. The third-order valence-electron chi connectivity index (χ3n) is 3.56. The maximum atomic E-state index is 11.9. The Morgan fingerprint density at radius 2 is 1.85 bits per heavy atom. The van der Waals surface area contributed by atoms with Crippen molar-refractivity contribution in [2.24, 2.45) is 0 Å². The lowest BCUT2D eigenvalue weighted by atomic mass is 10.2. The molecule has 0 saturated carbocycles. The Morgan fingerprint density at radius 3 is 2.50 bits per heavy atom. The van der Waals surface area contributed by atoms with Crippen LogP contribution in [0.15, 0.2) is 18.5 Å². The Kier molecular flexibility index (Phi) is 10.6. The van der Waals surface area contributed by atoms with Crippen LogP contribution in [0, 0.1) is 3.57 Å². The van der Waals surface area contributed by atoms with Gasteiger partial charge < -0.3 is 21.1 Å². The zero-order valence-corrected chi connectivity index (χ0v) is 16.9. The van der Waals surface area contributed by atoms with Gasteiger partial charge in [0.05, 0.1) is 5.56 Å². The molecule has 4 N–H and O–H groups in total. The van der Waals surface area contributed by atoms with Crippen LogP contribution in [-0.2, 0) is 4.79 Å². The fourth-order valence-corrected chi connectivity index (χ4v) is 2.65. The van der Waals surface area contributed by atoms with Crippen molar-refractivity contribution in [3.8, 4) is 0 Å². The number of nitrogens with zero attached hydrogens (tertiary/aromatic N) is 1. The molecule has 0 spiro atoms. The largest absolute Gasteiger partial charge is 0.481 e. The van der Waals surface area contributed by atoms with E-state index in [9.17, 15) is 14.4 Å². The number of amides is 3. The molecule has 0 bridgehead atoms. The topological polar surface area (TPSA) is 120 Å². The van der Waals surface area contributed by atoms with Crippen LogP contribution in [0.4, 0.5) is 4.79 Å². The predicted molar refractivity (Wildman–Crippen MR) is 106 cm³/mol. The minimum absolute atomic E-state index is 0.0331. The van der Waals surface area contributed by atoms with Gasteiger partial charge in [-0.2, -0.15) is 0 Å². The average Bonchev–Trinajstić information content (AvgIpc) is 2.59. The number of nitrogens with one attached hydrogen (secondary N) is 3. The molecule has 1 rings (SSSR count). The second kappa shape index (κ2) is 12.4. The van der Waals surface area contributed by atoms with E-state index in [2.05, 4.69) is 43.5 Å². The van der Waals surface area contributed by atoms with Crippen LogP contribution in [0.5, 0.6) is 0 Å². The van der Waals surface area contributed by atoms with E-state index in [1.165, 1.54) is 6.20 Å². The maximum absolute atomic E-state index is 11.9. The van der Waals surface area contributed by atoms with Crippen LogP contribution < -0.4 is 16.0 Å². The Balaban J connectivity index is 2.04. The van der Waals surface area contributed by atoms with Crippen LogP contribution in [0.3, 0.4) is 0 Å². The van der Waals surface area contributed by atoms with Crippen LogP contribution in [-0.4, -0.2) is 47.1 Å². The Hall–Kier alpha value is -1.91. The van der Waals surface area contributed by atoms with Gasteiger partial charge in [-0.15, -0.1) is 0 Å². The number of hydrogen-bond donors (Lipinski definition) is 4. The summed E-state index contributed by atoms with van der Waals surface area (Å²) < 4.78 is 0.914. The lowest BCUT2D eigenvalue weighted by Gasteiger charge is -2.13. The molecule has 1 atom stereocenters. The van der Waals surface area contributed by atoms with Crippen molar-refractivity contribution in [3.05, 3.63) is 27.6 Å². The van der Waals surface area contributed by atoms with E-state index in [1.54, 1.807) is 19.2 Å². The molecule has 0 aliphatic heterocycles. The normalized spacial score (nSPS) is 11.5. The van der Waals surface area contributed by atoms with Gasteiger partial charge in [-0.1, -0.05) is 0 Å². The quantitative estimate of drug-likeness (QED) is 0.289. The van der Waals surface area contributed by atoms with Crippen molar-refractivity contribution in [1.29, 1.82) is 0 Å². The number of carbonyl (C=O) groups is 3. The first-order valence-corrected chi connectivity index (χ1v) is 9.61. The summed E-state index contributed by atoms with van der Waals surface area (Å²) in [6.45, 7) is 2.88. The fourth-order valence-electron chi connectivity index (χ4n) is 2.16. The standard InChI is InChI=1S/C17H25IN4O4/c1-12(5-6-15(23)24)22-17(26)21-8-4-2-3-7-20-16(25)13-9-14(18)11-19-10-13/h9-12H,2-8H2,1H3,(H,20,25)(H,23,24)(H2,21,22,26)/i18-2. The molecule has 3 amide bonds. The summed E-state index contributed by atoms with van der Waals surface area (Å²) in [5.74, 6) is -1.01. The van der Waals surface area contributed by atoms with E-state index in [-0.39, 0.29) is 24.4 Å². The fraction of sp³-hybridized carbons (Fsp3) is 0.529. The minimum atomic E-state index is -0.871. The molecule has 0 saturated heterocycles. The van der Waals surface area contributed by atoms with Gasteiger partial charge in [-0.3, -0.25) is 14.6 Å². The van der Waals surface area contributed by atoms with Crippen molar-refractivity contribution < 1.29 is 19.5 Å². The molecule has 9 heteroatoms. The molecule has 1 heterocycles. The summed E-state index contributed by atoms with van der Waals surface area (Å²) in [6.07, 6.45) is 6.16. The Bertz CT molecular complexity index is 612. The smallest absolute Gasteiger partial charge is 0.314 e. The molecule has 1 unspecified atom stereocenters. The molecule has 0 radical (unpaired) electrons. The van der Waals surface area contributed by atoms with E-state index >= 15 is 0 Å². The zero-order valence-electron chi connectivity index (χ0n) is 14.8. The summed E-state index contributed by atoms with van der Waals surface area (Å²) in [6, 6.07) is 1.31. The third-order valence-corrected chi connectivity index (χ3v) is 4.15. The Labute approximate surface area is 166 Å². The van der Waals surface area contributed by atoms with Crippen molar-refractivity contribution in [2.45, 2.75) is 45.1 Å². The number of hydrogen-bond acceptors (Lipinski definition) is 4. The van der Waals surface area contributed by atoms with Gasteiger partial charge in [0.2, 0.25) is 0 Å². The first kappa shape index (κ1) is 22.1. The van der Waals surface area contributed by atoms with Gasteiger partial charge in [-0.25, -0.2) is 4.79 Å². The zero-order chi connectivity index (χ0) is 19.4. The second-order valence-corrected chi connectivity index (χ2v) is 7.19. The molecular weight excluding hydrogens is 449 g/mol. The van der Waals surface area contributed by atoms with E-state index in [0.717, 1.165) is 22.8 Å². The van der Waals surface area contributed by atoms with Crippen LogP contribution in [0.25, 0.3) is 0 Å². The SMILES string of the molecule is CC(CCC(=O)O)NC(=O)NCCCCCNC(=O)c1cncc([125I])c1. The highest BCUT2D eigenvalue weighted by Crippen LogP contribution is 2.05. The van der Waals surface area contributed by atoms with Gasteiger partial charge in [0, 0.05) is 41.5 Å². The number of carboxylic acid groups (broad SMARTS) is 1. The predicted octanol–water partition coefficient (Wildman–Crippen LogP) is 2.14. The van der Waals surface area contributed by atoms with E-state index in [1.807, 2.05) is 0 Å². The highest BCUT2D eigenvalue weighted by molar-refractivity contribution is 14.1. The van der Waals surface area contributed by atoms with Gasteiger partial charge in [-0.05, 0) is 61.3 Å². The molecular formula is C17H25IN4O4. The molecule has 26 heavy (non-hydrogen) atoms. The first-order valence-electron chi connectivity index (χ1n) is 8.53. The van der Waals surface area contributed by atoms with Crippen LogP contribution in [0.1, 0.15) is 49.4 Å². The van der Waals surface area contributed by atoms with Gasteiger partial charge >= 0.3 is 12.0 Å². The molecule has 0 aromatic carbocycles. The summed E-state index contributed by atoms with van der Waals surface area (Å²) in [4.78, 5) is 38.0. The molecule has 144 valence electrons. The Morgan fingerprint density at radius 1 is 1.15 bits per heavy atom. The number of aliphatic carboxylic acids is 1. The highest BCUT2D eigenvalue weighted by Gasteiger charge is 2.08. The number of rotatable bonds is 11. The first-order chi connectivity index (χ1) is 12.4. The lowest BCUT2D eigenvalue weighted by molar-refractivity contribution is -0.137. The molecule has 1 aromatic heterocycles. The summed E-state index contributed by atoms with van der Waals surface area (Å²) in [5.41, 5.74) is 0.548. The molecule has 0 aliphatic carbocycles. The van der Waals surface area contributed by atoms with E-state index < -0.39 is 5.97 Å². The van der Waals surface area contributed by atoms with Crippen molar-refractivity contribution in [2.75, 3.05) is 13.1 Å². The van der Waals surface area contributed by atoms with E-state index in [0.29, 0.717) is 25.1 Å². The van der Waals surface area contributed by atoms with Gasteiger partial charge in [0.25, 0.3) is 5.91 Å². The minimum Gasteiger partial charge on any atom is -0.481 e. The molecule has 8 nitrogen and oxygen atoms in total. The highest BCUT2D eigenvalue weighted by atomic mass is 125. The van der Waals surface area contributed by atoms with Crippen molar-refractivity contribution in [3.63, 3.8) is 0 Å². The molecule has 0 fully saturated rings. The third kappa shape index (κ3) is 10.2. The van der Waals surface area contributed by atoms with Gasteiger partial charge in [0.1, 0.15) is 0 Å². The number of unbranched alkanes of at least 4 members (excludes halogenated alkanes) is 2. The monoisotopic (exact) mass is 474 g/mol. The number of carboxylic acids is 1. The van der Waals surface area contributed by atoms with E-state index in [4.69, 9.17) is 5.11 Å². The van der Waals surface area contributed by atoms with Crippen LogP contribution >= 0.6 is 22.6 Å². The van der Waals surface area contributed by atoms with Crippen molar-refractivity contribution >= 4 is 40.5 Å². The molecule has 1 aromatic rings. The summed E-state index contributed by atoms with van der Waals surface area (Å²) >= 11 is 2.11. The number of halogens is 1. The number of aromatic nitrogens is 1. The molecule has 0 aliphatic rings. The van der Waals surface area contributed by atoms with Crippen molar-refractivity contribution in [1.82, 2.24) is 20.9 Å². The summed E-state index contributed by atoms with van der Waals surface area (Å²) in [7, 11) is 0. The second-order valence-electron chi connectivity index (χ2n) is 5.94. The van der Waals surface area contributed by atoms with Gasteiger partial charge in [0.15, 0.2) is 0 Å². The summed E-state index contributed by atoms with van der Waals surface area (Å²) in [5, 5.41) is 16.9. The number of urea groups is 1.